The van der Waals surface area contributed by atoms with Crippen molar-refractivity contribution in [3.63, 3.8) is 0 Å². The lowest BCUT2D eigenvalue weighted by atomic mass is 9.92. The van der Waals surface area contributed by atoms with Gasteiger partial charge in [-0.2, -0.15) is 26.3 Å². The van der Waals surface area contributed by atoms with E-state index < -0.39 is 53.3 Å². The maximum absolute atomic E-state index is 13.5. The van der Waals surface area contributed by atoms with Crippen molar-refractivity contribution in [1.29, 1.82) is 0 Å². The Balaban J connectivity index is 1.88. The molecule has 5 nitrogen and oxygen atoms in total. The van der Waals surface area contributed by atoms with E-state index in [-0.39, 0.29) is 30.3 Å². The topological polar surface area (TPSA) is 71.2 Å². The second kappa shape index (κ2) is 11.2. The predicted octanol–water partition coefficient (Wildman–Crippen LogP) is 6.05. The largest absolute Gasteiger partial charge is 0.416 e. The van der Waals surface area contributed by atoms with Gasteiger partial charge in [-0.1, -0.05) is 12.1 Å². The standard InChI is InChI=1S/C25H21F7N2O3/c1-14(35)34-22-17(6-7-33-23(22)36)10-18(16-2-4-21(26)5-3-16)13-37-12-15-8-19(24(27,28)29)11-20(9-15)25(30,31)32/h2-9,11,18H,10,12-13H2,1H3,(H,33,36)(H,34,35). The number of H-pyrrole nitrogens is 1. The zero-order valence-electron chi connectivity index (χ0n) is 19.3. The molecule has 3 rings (SSSR count). The minimum atomic E-state index is -4.99. The van der Waals surface area contributed by atoms with Crippen LogP contribution in [0.1, 0.15) is 40.7 Å². The quantitative estimate of drug-likeness (QED) is 0.348. The number of amides is 1. The van der Waals surface area contributed by atoms with Gasteiger partial charge in [-0.05, 0) is 59.5 Å². The number of anilines is 1. The van der Waals surface area contributed by atoms with Crippen molar-refractivity contribution >= 4 is 11.6 Å². The molecule has 2 N–H and O–H groups in total. The van der Waals surface area contributed by atoms with Crippen molar-refractivity contribution < 1.29 is 40.3 Å². The van der Waals surface area contributed by atoms with Gasteiger partial charge >= 0.3 is 12.4 Å². The number of ether oxygens (including phenoxy) is 1. The summed E-state index contributed by atoms with van der Waals surface area (Å²) in [5.74, 6) is -1.62. The molecule has 1 amide bonds. The molecule has 0 aliphatic rings. The van der Waals surface area contributed by atoms with Crippen molar-refractivity contribution in [3.8, 4) is 0 Å². The molecule has 0 radical (unpaired) electrons. The molecule has 0 bridgehead atoms. The average Bonchev–Trinajstić information content (AvgIpc) is 2.79. The lowest BCUT2D eigenvalue weighted by Crippen LogP contribution is -2.21. The molecule has 2 aromatic carbocycles. The van der Waals surface area contributed by atoms with Gasteiger partial charge in [0, 0.05) is 19.0 Å². The van der Waals surface area contributed by atoms with Crippen LogP contribution in [-0.4, -0.2) is 17.5 Å². The summed E-state index contributed by atoms with van der Waals surface area (Å²) < 4.78 is 97.9. The summed E-state index contributed by atoms with van der Waals surface area (Å²) in [7, 11) is 0. The Morgan fingerprint density at radius 2 is 1.57 bits per heavy atom. The van der Waals surface area contributed by atoms with Crippen molar-refractivity contribution in [2.45, 2.75) is 38.2 Å². The average molecular weight is 530 g/mol. The van der Waals surface area contributed by atoms with Gasteiger partial charge in [0.05, 0.1) is 24.3 Å². The van der Waals surface area contributed by atoms with Crippen LogP contribution in [-0.2, 0) is 34.9 Å². The summed E-state index contributed by atoms with van der Waals surface area (Å²) in [6.45, 7) is 0.440. The van der Waals surface area contributed by atoms with Crippen LogP contribution in [0.5, 0.6) is 0 Å². The second-order valence-corrected chi connectivity index (χ2v) is 8.27. The van der Waals surface area contributed by atoms with E-state index in [0.717, 1.165) is 0 Å². The molecule has 1 heterocycles. The van der Waals surface area contributed by atoms with Gasteiger partial charge in [-0.3, -0.25) is 9.59 Å². The first-order valence-corrected chi connectivity index (χ1v) is 10.8. The van der Waals surface area contributed by atoms with Crippen LogP contribution in [0.25, 0.3) is 0 Å². The molecule has 0 aliphatic heterocycles. The van der Waals surface area contributed by atoms with Crippen molar-refractivity contribution in [2.24, 2.45) is 0 Å². The molecule has 0 spiro atoms. The highest BCUT2D eigenvalue weighted by molar-refractivity contribution is 5.89. The fourth-order valence-corrected chi connectivity index (χ4v) is 3.70. The first-order valence-electron chi connectivity index (χ1n) is 10.8. The van der Waals surface area contributed by atoms with Gasteiger partial charge in [0.15, 0.2) is 0 Å². The lowest BCUT2D eigenvalue weighted by molar-refractivity contribution is -0.143. The number of rotatable bonds is 8. The number of nitrogens with one attached hydrogen (secondary N) is 2. The van der Waals surface area contributed by atoms with E-state index in [1.54, 1.807) is 0 Å². The minimum Gasteiger partial charge on any atom is -0.376 e. The number of pyridine rings is 1. The van der Waals surface area contributed by atoms with Crippen molar-refractivity contribution in [2.75, 3.05) is 11.9 Å². The fourth-order valence-electron chi connectivity index (χ4n) is 3.70. The van der Waals surface area contributed by atoms with E-state index in [4.69, 9.17) is 4.74 Å². The number of aromatic amines is 1. The molecular weight excluding hydrogens is 509 g/mol. The van der Waals surface area contributed by atoms with Gasteiger partial charge in [-0.15, -0.1) is 0 Å². The Labute approximate surface area is 206 Å². The second-order valence-electron chi connectivity index (χ2n) is 8.27. The Morgan fingerprint density at radius 3 is 2.11 bits per heavy atom. The van der Waals surface area contributed by atoms with E-state index in [1.807, 2.05) is 0 Å². The number of hydrogen-bond donors (Lipinski definition) is 2. The molecule has 12 heteroatoms. The lowest BCUT2D eigenvalue weighted by Gasteiger charge is -2.20. The van der Waals surface area contributed by atoms with Crippen LogP contribution in [0.3, 0.4) is 0 Å². The SMILES string of the molecule is CC(=O)Nc1c(CC(COCc2cc(C(F)(F)F)cc(C(F)(F)F)c2)c2ccc(F)cc2)cc[nH]c1=O. The summed E-state index contributed by atoms with van der Waals surface area (Å²) in [4.78, 5) is 26.2. The van der Waals surface area contributed by atoms with Crippen LogP contribution < -0.4 is 10.9 Å². The van der Waals surface area contributed by atoms with Crippen LogP contribution in [0.4, 0.5) is 36.4 Å². The van der Waals surface area contributed by atoms with Gasteiger partial charge in [0.25, 0.3) is 5.56 Å². The molecule has 1 unspecified atom stereocenters. The molecule has 0 fully saturated rings. The third-order valence-electron chi connectivity index (χ3n) is 5.39. The van der Waals surface area contributed by atoms with Crippen LogP contribution in [0.15, 0.2) is 59.5 Å². The van der Waals surface area contributed by atoms with Gasteiger partial charge < -0.3 is 15.0 Å². The first kappa shape index (κ1) is 27.9. The molecule has 1 atom stereocenters. The molecule has 37 heavy (non-hydrogen) atoms. The van der Waals surface area contributed by atoms with Crippen LogP contribution >= 0.6 is 0 Å². The molecule has 3 aromatic rings. The molecule has 1 aromatic heterocycles. The van der Waals surface area contributed by atoms with Gasteiger partial charge in [0.2, 0.25) is 5.91 Å². The molecular formula is C25H21F7N2O3. The fraction of sp³-hybridized carbons (Fsp3) is 0.280. The third-order valence-corrected chi connectivity index (χ3v) is 5.39. The van der Waals surface area contributed by atoms with Crippen molar-refractivity contribution in [3.05, 3.63) is 98.7 Å². The Hall–Kier alpha value is -3.67. The summed E-state index contributed by atoms with van der Waals surface area (Å²) in [5, 5.41) is 2.43. The number of alkyl halides is 6. The summed E-state index contributed by atoms with van der Waals surface area (Å²) in [6, 6.07) is 7.96. The molecule has 0 saturated carbocycles. The van der Waals surface area contributed by atoms with Gasteiger partial charge in [0.1, 0.15) is 11.5 Å². The number of benzene rings is 2. The number of aromatic nitrogens is 1. The summed E-state index contributed by atoms with van der Waals surface area (Å²) >= 11 is 0. The highest BCUT2D eigenvalue weighted by atomic mass is 19.4. The highest BCUT2D eigenvalue weighted by Crippen LogP contribution is 2.36. The maximum atomic E-state index is 13.5. The third kappa shape index (κ3) is 7.66. The Bertz CT molecular complexity index is 1270. The van der Waals surface area contributed by atoms with Crippen LogP contribution in [0.2, 0.25) is 0 Å². The monoisotopic (exact) mass is 530 g/mol. The maximum Gasteiger partial charge on any atom is 0.416 e. The van der Waals surface area contributed by atoms with Gasteiger partial charge in [-0.25, -0.2) is 4.39 Å². The van der Waals surface area contributed by atoms with E-state index in [9.17, 15) is 40.3 Å². The number of hydrogen-bond acceptors (Lipinski definition) is 3. The molecule has 0 saturated heterocycles. The minimum absolute atomic E-state index is 0.0187. The zero-order valence-corrected chi connectivity index (χ0v) is 19.3. The number of carbonyl (C=O) groups is 1. The summed E-state index contributed by atoms with van der Waals surface area (Å²) in [5.41, 5.74) is -2.91. The Kier molecular flexibility index (Phi) is 8.42. The smallest absolute Gasteiger partial charge is 0.376 e. The van der Waals surface area contributed by atoms with Crippen LogP contribution in [0, 0.1) is 5.82 Å². The normalized spacial score (nSPS) is 12.9. The number of halogens is 7. The van der Waals surface area contributed by atoms with E-state index in [0.29, 0.717) is 23.3 Å². The first-order chi connectivity index (χ1) is 17.2. The van der Waals surface area contributed by atoms with E-state index >= 15 is 0 Å². The van der Waals surface area contributed by atoms with Crippen molar-refractivity contribution in [1.82, 2.24) is 4.98 Å². The zero-order chi connectivity index (χ0) is 27.4. The molecule has 198 valence electrons. The predicted molar refractivity (Wildman–Crippen MR) is 120 cm³/mol. The highest BCUT2D eigenvalue weighted by Gasteiger charge is 2.36. The summed E-state index contributed by atoms with van der Waals surface area (Å²) in [6.07, 6.45) is -8.55. The Morgan fingerprint density at radius 1 is 0.973 bits per heavy atom. The van der Waals surface area contributed by atoms with E-state index in [1.165, 1.54) is 43.5 Å². The number of carbonyl (C=O) groups excluding carboxylic acids is 1. The van der Waals surface area contributed by atoms with E-state index in [2.05, 4.69) is 10.3 Å². The molecule has 0 aliphatic carbocycles.